The normalized spacial score (nSPS) is 13.0. The van der Waals surface area contributed by atoms with Crippen molar-refractivity contribution in [1.29, 1.82) is 0 Å². The van der Waals surface area contributed by atoms with Gasteiger partial charge in [0.15, 0.2) is 0 Å². The Balaban J connectivity index is 1.78. The number of benzene rings is 1. The van der Waals surface area contributed by atoms with Crippen LogP contribution in [-0.4, -0.2) is 34.3 Å². The summed E-state index contributed by atoms with van der Waals surface area (Å²) in [5.41, 5.74) is 1.75. The van der Waals surface area contributed by atoms with Crippen molar-refractivity contribution in [2.45, 2.75) is 39.7 Å². The van der Waals surface area contributed by atoms with Crippen LogP contribution in [0.4, 0.5) is 4.79 Å². The topological polar surface area (TPSA) is 90.0 Å². The molecule has 1 atom stereocenters. The summed E-state index contributed by atoms with van der Waals surface area (Å²) in [5.74, 6) is 0.739. The Bertz CT molecular complexity index is 618. The van der Waals surface area contributed by atoms with E-state index in [4.69, 9.17) is 0 Å². The molecule has 2 aromatic rings. The number of hydrogen-bond acceptors (Lipinski definition) is 3. The van der Waals surface area contributed by atoms with Gasteiger partial charge >= 0.3 is 6.03 Å². The van der Waals surface area contributed by atoms with Gasteiger partial charge in [-0.3, -0.25) is 0 Å². The molecule has 0 radical (unpaired) electrons. The van der Waals surface area contributed by atoms with Crippen molar-refractivity contribution >= 4 is 17.1 Å². The summed E-state index contributed by atoms with van der Waals surface area (Å²) in [4.78, 5) is 19.6. The minimum Gasteiger partial charge on any atom is -0.396 e. The van der Waals surface area contributed by atoms with Gasteiger partial charge in [0.25, 0.3) is 0 Å². The number of aromatic amines is 1. The number of H-pyrrole nitrogens is 1. The second-order valence-corrected chi connectivity index (χ2v) is 6.69. The van der Waals surface area contributed by atoms with Crippen molar-refractivity contribution in [1.82, 2.24) is 20.6 Å². The minimum atomic E-state index is -0.209. The highest BCUT2D eigenvalue weighted by molar-refractivity contribution is 5.76. The Morgan fingerprint density at radius 3 is 2.83 bits per heavy atom. The standard InChI is InChI=1S/C17H26N4O2/c1-12(15-20-13-7-4-5-8-14(13)21-15)19-16(23)18-10-6-9-17(2,3)11-22/h4-5,7-8,12,22H,6,9-11H2,1-3H3,(H,20,21)(H2,18,19,23). The lowest BCUT2D eigenvalue weighted by atomic mass is 9.89. The summed E-state index contributed by atoms with van der Waals surface area (Å²) in [6.45, 7) is 6.66. The molecule has 1 aromatic carbocycles. The zero-order valence-electron chi connectivity index (χ0n) is 14.0. The predicted molar refractivity (Wildman–Crippen MR) is 91.1 cm³/mol. The van der Waals surface area contributed by atoms with Crippen LogP contribution in [0.25, 0.3) is 11.0 Å². The number of amides is 2. The number of aromatic nitrogens is 2. The molecule has 4 N–H and O–H groups in total. The Labute approximate surface area is 136 Å². The van der Waals surface area contributed by atoms with Crippen LogP contribution in [0.15, 0.2) is 24.3 Å². The summed E-state index contributed by atoms with van der Waals surface area (Å²) in [5, 5.41) is 14.9. The van der Waals surface area contributed by atoms with Gasteiger partial charge in [-0.25, -0.2) is 9.78 Å². The van der Waals surface area contributed by atoms with Crippen LogP contribution in [-0.2, 0) is 0 Å². The fourth-order valence-corrected chi connectivity index (χ4v) is 2.34. The number of urea groups is 1. The summed E-state index contributed by atoms with van der Waals surface area (Å²) < 4.78 is 0. The highest BCUT2D eigenvalue weighted by Gasteiger charge is 2.16. The highest BCUT2D eigenvalue weighted by Crippen LogP contribution is 2.20. The Morgan fingerprint density at radius 2 is 2.13 bits per heavy atom. The SMILES string of the molecule is CC(NC(=O)NCCCC(C)(C)CO)c1nc2ccccc2[nH]1. The molecule has 0 fully saturated rings. The van der Waals surface area contributed by atoms with Crippen LogP contribution in [0.3, 0.4) is 0 Å². The van der Waals surface area contributed by atoms with E-state index in [0.29, 0.717) is 6.54 Å². The molecule has 0 aliphatic heterocycles. The van der Waals surface area contributed by atoms with Crippen molar-refractivity contribution in [2.24, 2.45) is 5.41 Å². The van der Waals surface area contributed by atoms with E-state index in [-0.39, 0.29) is 24.1 Å². The third-order valence-electron chi connectivity index (χ3n) is 3.91. The van der Waals surface area contributed by atoms with Gasteiger partial charge in [0.2, 0.25) is 0 Å². The van der Waals surface area contributed by atoms with Crippen LogP contribution in [0.5, 0.6) is 0 Å². The lowest BCUT2D eigenvalue weighted by Gasteiger charge is -2.21. The number of aliphatic hydroxyl groups is 1. The van der Waals surface area contributed by atoms with Crippen LogP contribution < -0.4 is 10.6 Å². The maximum absolute atomic E-state index is 11.9. The van der Waals surface area contributed by atoms with E-state index in [0.717, 1.165) is 29.7 Å². The fraction of sp³-hybridized carbons (Fsp3) is 0.529. The molecule has 1 unspecified atom stereocenters. The van der Waals surface area contributed by atoms with Gasteiger partial charge in [-0.2, -0.15) is 0 Å². The number of nitrogens with one attached hydrogen (secondary N) is 3. The number of hydrogen-bond donors (Lipinski definition) is 4. The van der Waals surface area contributed by atoms with Crippen molar-refractivity contribution in [2.75, 3.05) is 13.2 Å². The zero-order valence-corrected chi connectivity index (χ0v) is 14.0. The first-order valence-corrected chi connectivity index (χ1v) is 8.01. The fourth-order valence-electron chi connectivity index (χ4n) is 2.34. The largest absolute Gasteiger partial charge is 0.396 e. The summed E-state index contributed by atoms with van der Waals surface area (Å²) >= 11 is 0. The molecule has 0 spiro atoms. The van der Waals surface area contributed by atoms with Gasteiger partial charge in [-0.15, -0.1) is 0 Å². The molecule has 1 aromatic heterocycles. The van der Waals surface area contributed by atoms with E-state index in [2.05, 4.69) is 20.6 Å². The highest BCUT2D eigenvalue weighted by atomic mass is 16.3. The molecule has 0 saturated carbocycles. The van der Waals surface area contributed by atoms with Gasteiger partial charge in [-0.05, 0) is 37.3 Å². The van der Waals surface area contributed by atoms with Gasteiger partial charge in [-0.1, -0.05) is 26.0 Å². The molecule has 2 rings (SSSR count). The van der Waals surface area contributed by atoms with Gasteiger partial charge in [0.05, 0.1) is 17.1 Å². The number of imidazole rings is 1. The number of aliphatic hydroxyl groups excluding tert-OH is 1. The molecule has 1 heterocycles. The number of carbonyl (C=O) groups is 1. The van der Waals surface area contributed by atoms with E-state index in [1.54, 1.807) is 0 Å². The van der Waals surface area contributed by atoms with Crippen molar-refractivity contribution in [3.05, 3.63) is 30.1 Å². The summed E-state index contributed by atoms with van der Waals surface area (Å²) in [6, 6.07) is 7.37. The second-order valence-electron chi connectivity index (χ2n) is 6.69. The van der Waals surface area contributed by atoms with Crippen LogP contribution in [0.2, 0.25) is 0 Å². The van der Waals surface area contributed by atoms with Crippen molar-refractivity contribution in [3.8, 4) is 0 Å². The molecule has 126 valence electrons. The molecule has 6 heteroatoms. The molecule has 6 nitrogen and oxygen atoms in total. The van der Waals surface area contributed by atoms with Crippen LogP contribution in [0, 0.1) is 5.41 Å². The van der Waals surface area contributed by atoms with Gasteiger partial charge in [0.1, 0.15) is 5.82 Å². The van der Waals surface area contributed by atoms with Gasteiger partial charge < -0.3 is 20.7 Å². The van der Waals surface area contributed by atoms with Gasteiger partial charge in [0, 0.05) is 13.2 Å². The van der Waals surface area contributed by atoms with E-state index in [1.165, 1.54) is 0 Å². The number of nitrogens with zero attached hydrogens (tertiary/aromatic N) is 1. The Hall–Kier alpha value is -2.08. The monoisotopic (exact) mass is 318 g/mol. The first-order valence-electron chi connectivity index (χ1n) is 8.01. The van der Waals surface area contributed by atoms with Crippen LogP contribution >= 0.6 is 0 Å². The van der Waals surface area contributed by atoms with E-state index < -0.39 is 0 Å². The molecular formula is C17H26N4O2. The molecule has 2 amide bonds. The number of para-hydroxylation sites is 2. The predicted octanol–water partition coefficient (Wildman–Crippen LogP) is 2.72. The first-order chi connectivity index (χ1) is 10.9. The smallest absolute Gasteiger partial charge is 0.315 e. The number of carbonyl (C=O) groups excluding carboxylic acids is 1. The lowest BCUT2D eigenvalue weighted by Crippen LogP contribution is -2.38. The Morgan fingerprint density at radius 1 is 1.39 bits per heavy atom. The maximum atomic E-state index is 11.9. The first kappa shape index (κ1) is 17.3. The van der Waals surface area contributed by atoms with Crippen molar-refractivity contribution in [3.63, 3.8) is 0 Å². The molecule has 0 aliphatic rings. The Kier molecular flexibility index (Phi) is 5.60. The van der Waals surface area contributed by atoms with E-state index in [1.807, 2.05) is 45.0 Å². The zero-order chi connectivity index (χ0) is 16.9. The average molecular weight is 318 g/mol. The molecule has 0 aliphatic carbocycles. The second kappa shape index (κ2) is 7.46. The quantitative estimate of drug-likeness (QED) is 0.592. The third kappa shape index (κ3) is 4.96. The number of rotatable bonds is 7. The molecule has 23 heavy (non-hydrogen) atoms. The average Bonchev–Trinajstić information content (AvgIpc) is 2.96. The minimum absolute atomic E-state index is 0.0975. The number of fused-ring (bicyclic) bond motifs is 1. The van der Waals surface area contributed by atoms with E-state index >= 15 is 0 Å². The molecule has 0 bridgehead atoms. The van der Waals surface area contributed by atoms with Crippen LogP contribution in [0.1, 0.15) is 45.5 Å². The maximum Gasteiger partial charge on any atom is 0.315 e. The van der Waals surface area contributed by atoms with Crippen molar-refractivity contribution < 1.29 is 9.90 Å². The van der Waals surface area contributed by atoms with E-state index in [9.17, 15) is 9.90 Å². The summed E-state index contributed by atoms with van der Waals surface area (Å²) in [6.07, 6.45) is 1.70. The molecular weight excluding hydrogens is 292 g/mol. The molecule has 0 saturated heterocycles. The lowest BCUT2D eigenvalue weighted by molar-refractivity contribution is 0.148. The third-order valence-corrected chi connectivity index (χ3v) is 3.91. The summed E-state index contributed by atoms with van der Waals surface area (Å²) in [7, 11) is 0.